The van der Waals surface area contributed by atoms with Crippen molar-refractivity contribution in [3.8, 4) is 0 Å². The molecular formula is C13H23N3O2S. The molecule has 0 amide bonds. The summed E-state index contributed by atoms with van der Waals surface area (Å²) >= 11 is 0. The minimum atomic E-state index is -3.46. The van der Waals surface area contributed by atoms with E-state index in [0.29, 0.717) is 12.6 Å². The third-order valence-corrected chi connectivity index (χ3v) is 5.15. The highest BCUT2D eigenvalue weighted by Gasteiger charge is 2.30. The third-order valence-electron chi connectivity index (χ3n) is 3.73. The van der Waals surface area contributed by atoms with E-state index in [0.717, 1.165) is 43.6 Å². The molecule has 1 aromatic rings. The predicted molar refractivity (Wildman–Crippen MR) is 74.7 cm³/mol. The van der Waals surface area contributed by atoms with Crippen LogP contribution < -0.4 is 4.72 Å². The Morgan fingerprint density at radius 1 is 1.42 bits per heavy atom. The molecule has 1 aromatic heterocycles. The first-order valence-electron chi connectivity index (χ1n) is 7.08. The summed E-state index contributed by atoms with van der Waals surface area (Å²) in [5.41, 5.74) is 0.888. The molecule has 19 heavy (non-hydrogen) atoms. The molecule has 0 radical (unpaired) electrons. The van der Waals surface area contributed by atoms with E-state index in [9.17, 15) is 8.42 Å². The summed E-state index contributed by atoms with van der Waals surface area (Å²) in [6, 6.07) is 0.395. The van der Waals surface area contributed by atoms with Crippen LogP contribution in [-0.2, 0) is 16.4 Å². The summed E-state index contributed by atoms with van der Waals surface area (Å²) in [6.07, 6.45) is 4.76. The Morgan fingerprint density at radius 3 is 2.79 bits per heavy atom. The Kier molecular flexibility index (Phi) is 4.30. The fourth-order valence-electron chi connectivity index (χ4n) is 2.82. The molecule has 0 aromatic carbocycles. The molecule has 0 bridgehead atoms. The van der Waals surface area contributed by atoms with Gasteiger partial charge in [0.1, 0.15) is 5.82 Å². The second-order valence-electron chi connectivity index (χ2n) is 5.13. The van der Waals surface area contributed by atoms with Crippen LogP contribution in [0.3, 0.4) is 0 Å². The molecule has 0 saturated heterocycles. The molecule has 0 saturated carbocycles. The number of sulfonamides is 1. The number of hydrogen-bond acceptors (Lipinski definition) is 3. The molecule has 1 aliphatic rings. The van der Waals surface area contributed by atoms with Crippen LogP contribution >= 0.6 is 0 Å². The highest BCUT2D eigenvalue weighted by Crippen LogP contribution is 2.32. The van der Waals surface area contributed by atoms with Gasteiger partial charge in [-0.25, -0.2) is 18.1 Å². The number of fused-ring (bicyclic) bond motifs is 1. The van der Waals surface area contributed by atoms with Crippen LogP contribution in [0.2, 0.25) is 0 Å². The highest BCUT2D eigenvalue weighted by molar-refractivity contribution is 7.89. The van der Waals surface area contributed by atoms with E-state index in [1.54, 1.807) is 0 Å². The van der Waals surface area contributed by atoms with Crippen LogP contribution in [0.4, 0.5) is 0 Å². The Morgan fingerprint density at radius 2 is 2.16 bits per heavy atom. The van der Waals surface area contributed by atoms with Crippen molar-refractivity contribution in [2.45, 2.75) is 63.9 Å². The van der Waals surface area contributed by atoms with Crippen LogP contribution in [0.1, 0.15) is 57.1 Å². The topological polar surface area (TPSA) is 64.0 Å². The van der Waals surface area contributed by atoms with Crippen molar-refractivity contribution in [3.05, 3.63) is 11.5 Å². The molecule has 1 N–H and O–H groups in total. The van der Waals surface area contributed by atoms with Crippen LogP contribution in [0.25, 0.3) is 0 Å². The molecule has 2 rings (SSSR count). The fourth-order valence-corrected chi connectivity index (χ4v) is 4.19. The summed E-state index contributed by atoms with van der Waals surface area (Å²) in [5, 5.41) is 0.247. The smallest absolute Gasteiger partial charge is 0.259 e. The van der Waals surface area contributed by atoms with E-state index < -0.39 is 10.0 Å². The number of aryl methyl sites for hydroxylation is 1. The van der Waals surface area contributed by atoms with E-state index in [4.69, 9.17) is 0 Å². The predicted octanol–water partition coefficient (Wildman–Crippen LogP) is 2.17. The number of aromatic nitrogens is 2. The Balaban J connectivity index is 2.44. The van der Waals surface area contributed by atoms with Crippen molar-refractivity contribution in [2.24, 2.45) is 0 Å². The van der Waals surface area contributed by atoms with Gasteiger partial charge in [0, 0.05) is 12.6 Å². The second kappa shape index (κ2) is 5.63. The molecule has 0 aliphatic carbocycles. The SMILES string of the molecule is CCCNS(=O)(=O)c1nc(C)n2c1CCCC2CC. The van der Waals surface area contributed by atoms with Crippen molar-refractivity contribution in [1.29, 1.82) is 0 Å². The summed E-state index contributed by atoms with van der Waals surface area (Å²) in [6.45, 7) is 6.45. The number of hydrogen-bond donors (Lipinski definition) is 1. The van der Waals surface area contributed by atoms with Gasteiger partial charge in [0.05, 0.1) is 5.69 Å². The Bertz CT molecular complexity index is 548. The lowest BCUT2D eigenvalue weighted by atomic mass is 10.0. The fraction of sp³-hybridized carbons (Fsp3) is 0.769. The normalized spacial score (nSPS) is 19.4. The molecule has 2 heterocycles. The first-order chi connectivity index (χ1) is 9.01. The maximum atomic E-state index is 12.3. The van der Waals surface area contributed by atoms with Gasteiger partial charge in [-0.05, 0) is 39.0 Å². The zero-order valence-corrected chi connectivity index (χ0v) is 12.8. The van der Waals surface area contributed by atoms with Crippen LogP contribution in [0.15, 0.2) is 5.03 Å². The number of nitrogens with zero attached hydrogens (tertiary/aromatic N) is 2. The maximum Gasteiger partial charge on any atom is 0.259 e. The van der Waals surface area contributed by atoms with E-state index in [-0.39, 0.29) is 5.03 Å². The molecule has 6 heteroatoms. The molecule has 0 spiro atoms. The first-order valence-corrected chi connectivity index (χ1v) is 8.57. The van der Waals surface area contributed by atoms with Crippen molar-refractivity contribution < 1.29 is 8.42 Å². The Hall–Kier alpha value is -0.880. The summed E-state index contributed by atoms with van der Waals surface area (Å²) in [4.78, 5) is 4.33. The van der Waals surface area contributed by atoms with Gasteiger partial charge in [-0.1, -0.05) is 13.8 Å². The average Bonchev–Trinajstić information content (AvgIpc) is 2.75. The monoisotopic (exact) mass is 285 g/mol. The third kappa shape index (κ3) is 2.69. The quantitative estimate of drug-likeness (QED) is 0.901. The lowest BCUT2D eigenvalue weighted by molar-refractivity contribution is 0.381. The molecule has 108 valence electrons. The minimum Gasteiger partial charge on any atom is -0.328 e. The summed E-state index contributed by atoms with van der Waals surface area (Å²) in [7, 11) is -3.46. The van der Waals surface area contributed by atoms with Crippen molar-refractivity contribution in [1.82, 2.24) is 14.3 Å². The largest absolute Gasteiger partial charge is 0.328 e. The summed E-state index contributed by atoms with van der Waals surface area (Å²) in [5.74, 6) is 0.818. The first kappa shape index (κ1) is 14.5. The maximum absolute atomic E-state index is 12.3. The van der Waals surface area contributed by atoms with Gasteiger partial charge in [-0.2, -0.15) is 0 Å². The average molecular weight is 285 g/mol. The number of imidazole rings is 1. The van der Waals surface area contributed by atoms with E-state index in [1.165, 1.54) is 0 Å². The van der Waals surface area contributed by atoms with Gasteiger partial charge in [0.25, 0.3) is 10.0 Å². The number of rotatable bonds is 5. The van der Waals surface area contributed by atoms with E-state index in [1.807, 2.05) is 13.8 Å². The zero-order chi connectivity index (χ0) is 14.0. The molecule has 1 unspecified atom stereocenters. The lowest BCUT2D eigenvalue weighted by Crippen LogP contribution is -2.27. The lowest BCUT2D eigenvalue weighted by Gasteiger charge is -2.26. The molecule has 5 nitrogen and oxygen atoms in total. The van der Waals surface area contributed by atoms with Gasteiger partial charge in [-0.3, -0.25) is 0 Å². The van der Waals surface area contributed by atoms with Crippen molar-refractivity contribution in [2.75, 3.05) is 6.54 Å². The summed E-state index contributed by atoms with van der Waals surface area (Å²) < 4.78 is 29.3. The van der Waals surface area contributed by atoms with E-state index in [2.05, 4.69) is 21.2 Å². The second-order valence-corrected chi connectivity index (χ2v) is 6.82. The van der Waals surface area contributed by atoms with E-state index >= 15 is 0 Å². The van der Waals surface area contributed by atoms with Gasteiger partial charge in [-0.15, -0.1) is 0 Å². The van der Waals surface area contributed by atoms with Crippen LogP contribution in [-0.4, -0.2) is 24.5 Å². The van der Waals surface area contributed by atoms with Gasteiger partial charge in [0.2, 0.25) is 0 Å². The molecule has 1 aliphatic heterocycles. The van der Waals surface area contributed by atoms with Crippen molar-refractivity contribution in [3.63, 3.8) is 0 Å². The minimum absolute atomic E-state index is 0.247. The van der Waals surface area contributed by atoms with Crippen LogP contribution in [0, 0.1) is 6.92 Å². The Labute approximate surface area is 115 Å². The molecular weight excluding hydrogens is 262 g/mol. The molecule has 0 fully saturated rings. The standard InChI is InChI=1S/C13H23N3O2S/c1-4-9-14-19(17,18)13-12-8-6-7-11(5-2)16(12)10(3)15-13/h11,14H,4-9H2,1-3H3. The van der Waals surface area contributed by atoms with Gasteiger partial charge >= 0.3 is 0 Å². The van der Waals surface area contributed by atoms with Gasteiger partial charge in [0.15, 0.2) is 5.03 Å². The van der Waals surface area contributed by atoms with Gasteiger partial charge < -0.3 is 4.57 Å². The van der Waals surface area contributed by atoms with Crippen molar-refractivity contribution >= 4 is 10.0 Å². The molecule has 1 atom stereocenters. The number of nitrogens with one attached hydrogen (secondary N) is 1. The van der Waals surface area contributed by atoms with Crippen LogP contribution in [0.5, 0.6) is 0 Å². The zero-order valence-electron chi connectivity index (χ0n) is 11.9. The highest BCUT2D eigenvalue weighted by atomic mass is 32.2.